The van der Waals surface area contributed by atoms with Crippen LogP contribution in [0.2, 0.25) is 0 Å². The van der Waals surface area contributed by atoms with E-state index < -0.39 is 5.60 Å². The number of anilines is 1. The lowest BCUT2D eigenvalue weighted by Crippen LogP contribution is -2.51. The fraction of sp³-hybridized carbons (Fsp3) is 0.632. The maximum Gasteiger partial charge on any atom is 0.256 e. The summed E-state index contributed by atoms with van der Waals surface area (Å²) < 4.78 is 5.60. The lowest BCUT2D eigenvalue weighted by atomic mass is 9.91. The fourth-order valence-corrected chi connectivity index (χ4v) is 3.72. The maximum atomic E-state index is 12.7. The van der Waals surface area contributed by atoms with Crippen LogP contribution in [0.15, 0.2) is 24.3 Å². The van der Waals surface area contributed by atoms with Crippen molar-refractivity contribution in [3.8, 4) is 0 Å². The van der Waals surface area contributed by atoms with E-state index in [1.165, 1.54) is 37.9 Å². The third kappa shape index (κ3) is 4.15. The summed E-state index contributed by atoms with van der Waals surface area (Å²) in [6.07, 6.45) is 5.35. The number of methoxy groups -OCH3 is 1. The number of piperidine rings is 2. The minimum Gasteiger partial charge on any atom is -0.368 e. The molecular formula is C19H29N3O2. The average Bonchev–Trinajstić information content (AvgIpc) is 2.63. The van der Waals surface area contributed by atoms with E-state index in [2.05, 4.69) is 27.7 Å². The summed E-state index contributed by atoms with van der Waals surface area (Å²) >= 11 is 0. The van der Waals surface area contributed by atoms with Gasteiger partial charge in [0, 0.05) is 19.3 Å². The molecular weight excluding hydrogens is 302 g/mol. The van der Waals surface area contributed by atoms with Crippen LogP contribution in [0, 0.1) is 0 Å². The first-order valence-corrected chi connectivity index (χ1v) is 9.10. The SMILES string of the molecule is COC1(C(=O)Nc2cccc(CN3CCCCC3)c2)CCNCC1. The zero-order chi connectivity index (χ0) is 16.8. The first-order valence-electron chi connectivity index (χ1n) is 9.10. The predicted molar refractivity (Wildman–Crippen MR) is 96.0 cm³/mol. The van der Waals surface area contributed by atoms with Gasteiger partial charge in [0.25, 0.3) is 5.91 Å². The predicted octanol–water partition coefficient (Wildman–Crippen LogP) is 2.38. The number of amides is 1. The summed E-state index contributed by atoms with van der Waals surface area (Å²) in [6.45, 7) is 4.95. The minimum absolute atomic E-state index is 0.0263. The molecule has 0 unspecified atom stereocenters. The highest BCUT2D eigenvalue weighted by Crippen LogP contribution is 2.25. The lowest BCUT2D eigenvalue weighted by Gasteiger charge is -2.34. The highest BCUT2D eigenvalue weighted by molar-refractivity contribution is 5.97. The minimum atomic E-state index is -0.700. The molecule has 2 aliphatic rings. The molecule has 5 heteroatoms. The summed E-state index contributed by atoms with van der Waals surface area (Å²) in [6, 6.07) is 8.22. The third-order valence-corrected chi connectivity index (χ3v) is 5.26. The highest BCUT2D eigenvalue weighted by Gasteiger charge is 2.39. The van der Waals surface area contributed by atoms with Crippen molar-refractivity contribution in [2.75, 3.05) is 38.6 Å². The van der Waals surface area contributed by atoms with Gasteiger partial charge in [0.05, 0.1) is 0 Å². The van der Waals surface area contributed by atoms with Crippen LogP contribution in [0.5, 0.6) is 0 Å². The molecule has 1 aromatic carbocycles. The Bertz CT molecular complexity index is 549. The second kappa shape index (κ2) is 8.10. The van der Waals surface area contributed by atoms with E-state index in [1.807, 2.05) is 12.1 Å². The topological polar surface area (TPSA) is 53.6 Å². The van der Waals surface area contributed by atoms with Crippen LogP contribution < -0.4 is 10.6 Å². The van der Waals surface area contributed by atoms with E-state index in [0.29, 0.717) is 12.8 Å². The molecule has 0 aliphatic carbocycles. The maximum absolute atomic E-state index is 12.7. The molecule has 1 aromatic rings. The monoisotopic (exact) mass is 331 g/mol. The molecule has 5 nitrogen and oxygen atoms in total. The number of likely N-dealkylation sites (tertiary alicyclic amines) is 1. The Hall–Kier alpha value is -1.43. The van der Waals surface area contributed by atoms with E-state index in [-0.39, 0.29) is 5.91 Å². The average molecular weight is 331 g/mol. The van der Waals surface area contributed by atoms with Crippen molar-refractivity contribution in [2.45, 2.75) is 44.2 Å². The number of hydrogen-bond donors (Lipinski definition) is 2. The Kier molecular flexibility index (Phi) is 5.87. The zero-order valence-corrected chi connectivity index (χ0v) is 14.6. The van der Waals surface area contributed by atoms with Crippen LogP contribution >= 0.6 is 0 Å². The number of ether oxygens (including phenoxy) is 1. The normalized spacial score (nSPS) is 21.4. The molecule has 1 amide bonds. The van der Waals surface area contributed by atoms with Gasteiger partial charge in [-0.1, -0.05) is 18.6 Å². The van der Waals surface area contributed by atoms with E-state index in [1.54, 1.807) is 7.11 Å². The number of rotatable bonds is 5. The molecule has 24 heavy (non-hydrogen) atoms. The van der Waals surface area contributed by atoms with Gasteiger partial charge in [-0.2, -0.15) is 0 Å². The molecule has 0 atom stereocenters. The number of benzene rings is 1. The molecule has 0 spiro atoms. The van der Waals surface area contributed by atoms with Gasteiger partial charge in [-0.05, 0) is 69.6 Å². The standard InChI is InChI=1S/C19H29N3O2/c1-24-19(8-10-20-11-9-19)18(23)21-17-7-5-6-16(14-17)15-22-12-3-2-4-13-22/h5-7,14,20H,2-4,8-13,15H2,1H3,(H,21,23). The van der Waals surface area contributed by atoms with Gasteiger partial charge < -0.3 is 15.4 Å². The molecule has 0 aromatic heterocycles. The smallest absolute Gasteiger partial charge is 0.256 e. The largest absolute Gasteiger partial charge is 0.368 e. The van der Waals surface area contributed by atoms with Gasteiger partial charge in [-0.15, -0.1) is 0 Å². The first kappa shape index (κ1) is 17.4. The van der Waals surface area contributed by atoms with Crippen LogP contribution in [0.4, 0.5) is 5.69 Å². The van der Waals surface area contributed by atoms with Crippen LogP contribution in [-0.2, 0) is 16.1 Å². The number of carbonyl (C=O) groups is 1. The Labute approximate surface area is 144 Å². The van der Waals surface area contributed by atoms with Crippen LogP contribution in [0.25, 0.3) is 0 Å². The van der Waals surface area contributed by atoms with Crippen LogP contribution in [-0.4, -0.2) is 49.7 Å². The van der Waals surface area contributed by atoms with E-state index in [9.17, 15) is 4.79 Å². The molecule has 2 aliphatic heterocycles. The van der Waals surface area contributed by atoms with Gasteiger partial charge in [-0.3, -0.25) is 9.69 Å². The second-order valence-corrected chi connectivity index (χ2v) is 6.94. The molecule has 132 valence electrons. The summed E-state index contributed by atoms with van der Waals surface area (Å²) in [4.78, 5) is 15.2. The van der Waals surface area contributed by atoms with Crippen molar-refractivity contribution in [1.82, 2.24) is 10.2 Å². The second-order valence-electron chi connectivity index (χ2n) is 6.94. The van der Waals surface area contributed by atoms with Crippen molar-refractivity contribution < 1.29 is 9.53 Å². The number of nitrogens with zero attached hydrogens (tertiary/aromatic N) is 1. The number of carbonyl (C=O) groups excluding carboxylic acids is 1. The third-order valence-electron chi connectivity index (χ3n) is 5.26. The molecule has 3 rings (SSSR count). The summed E-state index contributed by atoms with van der Waals surface area (Å²) in [7, 11) is 1.64. The van der Waals surface area contributed by atoms with E-state index in [0.717, 1.165) is 25.3 Å². The molecule has 0 saturated carbocycles. The van der Waals surface area contributed by atoms with Crippen molar-refractivity contribution in [2.24, 2.45) is 0 Å². The zero-order valence-electron chi connectivity index (χ0n) is 14.6. The molecule has 2 N–H and O–H groups in total. The van der Waals surface area contributed by atoms with Gasteiger partial charge in [-0.25, -0.2) is 0 Å². The highest BCUT2D eigenvalue weighted by atomic mass is 16.5. The summed E-state index contributed by atoms with van der Waals surface area (Å²) in [5.41, 5.74) is 1.42. The van der Waals surface area contributed by atoms with Gasteiger partial charge in [0.15, 0.2) is 0 Å². The molecule has 0 radical (unpaired) electrons. The first-order chi connectivity index (χ1) is 11.7. The Morgan fingerprint density at radius 2 is 2.00 bits per heavy atom. The van der Waals surface area contributed by atoms with Crippen LogP contribution in [0.3, 0.4) is 0 Å². The quantitative estimate of drug-likeness (QED) is 0.870. The van der Waals surface area contributed by atoms with Gasteiger partial charge >= 0.3 is 0 Å². The molecule has 0 bridgehead atoms. The summed E-state index contributed by atoms with van der Waals surface area (Å²) in [5.74, 6) is -0.0263. The van der Waals surface area contributed by atoms with Crippen molar-refractivity contribution in [1.29, 1.82) is 0 Å². The molecule has 2 heterocycles. The van der Waals surface area contributed by atoms with Crippen molar-refractivity contribution in [3.63, 3.8) is 0 Å². The fourth-order valence-electron chi connectivity index (χ4n) is 3.72. The molecule has 2 saturated heterocycles. The van der Waals surface area contributed by atoms with Crippen molar-refractivity contribution >= 4 is 11.6 Å². The number of nitrogens with one attached hydrogen (secondary N) is 2. The van der Waals surface area contributed by atoms with E-state index in [4.69, 9.17) is 4.74 Å². The lowest BCUT2D eigenvalue weighted by molar-refractivity contribution is -0.140. The van der Waals surface area contributed by atoms with Gasteiger partial charge in [0.1, 0.15) is 5.60 Å². The van der Waals surface area contributed by atoms with Crippen LogP contribution in [0.1, 0.15) is 37.7 Å². The van der Waals surface area contributed by atoms with Gasteiger partial charge in [0.2, 0.25) is 0 Å². The van der Waals surface area contributed by atoms with E-state index >= 15 is 0 Å². The molecule has 2 fully saturated rings. The Morgan fingerprint density at radius 3 is 2.71 bits per heavy atom. The van der Waals surface area contributed by atoms with Crippen molar-refractivity contribution in [3.05, 3.63) is 29.8 Å². The Balaban J connectivity index is 1.64. The summed E-state index contributed by atoms with van der Waals surface area (Å²) in [5, 5.41) is 6.35. The Morgan fingerprint density at radius 1 is 1.25 bits per heavy atom. The number of hydrogen-bond acceptors (Lipinski definition) is 4.